The third-order valence-corrected chi connectivity index (χ3v) is 18.3. The maximum Gasteiger partial charge on any atom is 0.196 e. The minimum atomic E-state index is -0.853. The third-order valence-electron chi connectivity index (χ3n) is 15.7. The van der Waals surface area contributed by atoms with Crippen molar-refractivity contribution in [3.63, 3.8) is 0 Å². The molecule has 2 aromatic carbocycles. The molecule has 0 amide bonds. The van der Waals surface area contributed by atoms with Crippen molar-refractivity contribution in [2.45, 2.75) is 126 Å². The quantitative estimate of drug-likeness (QED) is 0.0310. The molecular weight excluding hydrogens is 861 g/mol. The number of ether oxygens (including phenoxy) is 3. The van der Waals surface area contributed by atoms with E-state index in [1.54, 1.807) is 41.8 Å². The summed E-state index contributed by atoms with van der Waals surface area (Å²) in [6, 6.07) is 9.60. The molecule has 65 heavy (non-hydrogen) atoms. The molecule has 6 N–H and O–H groups in total. The first-order chi connectivity index (χ1) is 31.5. The molecular formula is C51H72N4O8S2. The van der Waals surface area contributed by atoms with Crippen molar-refractivity contribution in [2.75, 3.05) is 46.1 Å². The second-order valence-corrected chi connectivity index (χ2v) is 21.8. The average molecular weight is 933 g/mol. The maximum absolute atomic E-state index is 15.6. The van der Waals surface area contributed by atoms with Crippen molar-refractivity contribution < 1.29 is 39.1 Å². The molecule has 2 aromatic rings. The highest BCUT2D eigenvalue weighted by molar-refractivity contribution is 8.77. The fourth-order valence-corrected chi connectivity index (χ4v) is 14.8. The zero-order chi connectivity index (χ0) is 46.2. The number of nitrogens with zero attached hydrogens (tertiary/aromatic N) is 1. The molecule has 1 heterocycles. The summed E-state index contributed by atoms with van der Waals surface area (Å²) in [6.07, 6.45) is 20.9. The van der Waals surface area contributed by atoms with Crippen LogP contribution in [0.4, 0.5) is 5.69 Å². The van der Waals surface area contributed by atoms with Crippen LogP contribution in [0.15, 0.2) is 59.6 Å². The lowest BCUT2D eigenvalue weighted by atomic mass is 9.61. The number of methoxy groups -OCH3 is 2. The van der Waals surface area contributed by atoms with Gasteiger partial charge in [0, 0.05) is 49.6 Å². The number of guanidine groups is 1. The molecule has 1 aliphatic heterocycles. The van der Waals surface area contributed by atoms with Crippen LogP contribution in [-0.2, 0) is 26.2 Å². The predicted molar refractivity (Wildman–Crippen MR) is 262 cm³/mol. The zero-order valence-corrected chi connectivity index (χ0v) is 40.6. The number of aromatic hydroxyl groups is 2. The van der Waals surface area contributed by atoms with Crippen molar-refractivity contribution in [3.05, 3.63) is 65.8 Å². The number of aliphatic imine (C=N–C) groups is 1. The van der Waals surface area contributed by atoms with Crippen molar-refractivity contribution in [1.82, 2.24) is 10.6 Å². The molecule has 3 fully saturated rings. The Balaban J connectivity index is 1.36. The van der Waals surface area contributed by atoms with Gasteiger partial charge in [0.25, 0.3) is 0 Å². The molecule has 7 rings (SSSR count). The van der Waals surface area contributed by atoms with Crippen molar-refractivity contribution in [3.8, 4) is 23.0 Å². The number of anilines is 1. The van der Waals surface area contributed by atoms with Gasteiger partial charge in [-0.1, -0.05) is 72.1 Å². The first-order valence-electron chi connectivity index (χ1n) is 23.8. The fourth-order valence-electron chi connectivity index (χ4n) is 12.3. The number of likely N-dealkylation sites (N-methyl/N-ethyl adjacent to an activating group) is 1. The van der Waals surface area contributed by atoms with Gasteiger partial charge >= 0.3 is 0 Å². The number of rotatable bonds is 16. The van der Waals surface area contributed by atoms with E-state index < -0.39 is 22.7 Å². The SMILES string of the molecule is CCC(CC=O)CCC1C=CC(=O)C2(Cc3ccc(O)c(OC)c3)C3C=CC(SSCNC(=NC)Nc4cc(cc(OC5(CNC)CCC(CC(O)OC)C5)c4O)C14CCCC4)C2CC3. The second kappa shape index (κ2) is 22.0. The number of aliphatic hydroxyl groups excluding tert-OH is 1. The number of aliphatic hydroxyl groups is 1. The first kappa shape index (κ1) is 49.2. The van der Waals surface area contributed by atoms with Gasteiger partial charge in [-0.3, -0.25) is 9.79 Å². The van der Waals surface area contributed by atoms with E-state index >= 15 is 4.79 Å². The lowest BCUT2D eigenvalue weighted by Gasteiger charge is -2.43. The Bertz CT molecular complexity index is 2060. The van der Waals surface area contributed by atoms with E-state index in [0.717, 1.165) is 88.0 Å². The van der Waals surface area contributed by atoms with Crippen LogP contribution in [0, 0.1) is 35.0 Å². The highest BCUT2D eigenvalue weighted by Gasteiger charge is 2.57. The Labute approximate surface area is 394 Å². The standard InChI is InChI=1S/C51H72N4O8S2/c1-6-33(20-24-56)9-11-36-14-18-45(58)51(30-34-10-16-41(57)42(25-34)61-4)37-12-15-39(51)44(17-13-37)65-64-32-54-48(53-3)55-40-27-38(50(36)21-7-8-22-50)28-43(47(40)60)63-49(31-52-2)23-19-35(29-49)26-46(59)62-5/h10,13-14,16-18,24-25,27-28,33,35-37,39,44,46,52,57,59-60H,6-9,11-12,15,19-23,26,29-32H2,1-5H3,(H2,53,54,55). The van der Waals surface area contributed by atoms with Crippen molar-refractivity contribution >= 4 is 45.3 Å². The van der Waals surface area contributed by atoms with Gasteiger partial charge in [-0.25, -0.2) is 0 Å². The van der Waals surface area contributed by atoms with Gasteiger partial charge in [0.15, 0.2) is 41.0 Å². The van der Waals surface area contributed by atoms with Crippen LogP contribution >= 0.6 is 21.6 Å². The van der Waals surface area contributed by atoms with Crippen LogP contribution in [0.1, 0.15) is 108 Å². The highest BCUT2D eigenvalue weighted by atomic mass is 33.1. The number of carbonyl (C=O) groups is 2. The summed E-state index contributed by atoms with van der Waals surface area (Å²) in [4.78, 5) is 32.1. The summed E-state index contributed by atoms with van der Waals surface area (Å²) in [6.45, 7) is 2.70. The Morgan fingerprint density at radius 1 is 1.05 bits per heavy atom. The van der Waals surface area contributed by atoms with Crippen LogP contribution in [0.2, 0.25) is 0 Å². The Morgan fingerprint density at radius 3 is 2.58 bits per heavy atom. The molecule has 12 nitrogen and oxygen atoms in total. The predicted octanol–water partition coefficient (Wildman–Crippen LogP) is 9.08. The Morgan fingerprint density at radius 2 is 1.86 bits per heavy atom. The number of hydrogen-bond acceptors (Lipinski definition) is 12. The van der Waals surface area contributed by atoms with Crippen LogP contribution < -0.4 is 25.4 Å². The number of carbonyl (C=O) groups excluding carboxylic acids is 2. The molecule has 5 aliphatic rings. The summed E-state index contributed by atoms with van der Waals surface area (Å²) in [5, 5.41) is 43.6. The van der Waals surface area contributed by atoms with Crippen LogP contribution in [0.3, 0.4) is 0 Å². The van der Waals surface area contributed by atoms with Crippen molar-refractivity contribution in [1.29, 1.82) is 0 Å². The monoisotopic (exact) mass is 932 g/mol. The van der Waals surface area contributed by atoms with Gasteiger partial charge in [0.1, 0.15) is 11.9 Å². The normalized spacial score (nSPS) is 30.2. The maximum atomic E-state index is 15.6. The summed E-state index contributed by atoms with van der Waals surface area (Å²) >= 11 is 0. The van der Waals surface area contributed by atoms with E-state index in [0.29, 0.717) is 61.3 Å². The topological polar surface area (TPSA) is 171 Å². The smallest absolute Gasteiger partial charge is 0.196 e. The number of benzene rings is 2. The van der Waals surface area contributed by atoms with Crippen LogP contribution in [-0.4, -0.2) is 91.2 Å². The third kappa shape index (κ3) is 10.6. The number of phenols is 2. The van der Waals surface area contributed by atoms with Gasteiger partial charge in [0.2, 0.25) is 0 Å². The number of aldehydes is 1. The Hall–Kier alpha value is -3.69. The summed E-state index contributed by atoms with van der Waals surface area (Å²) in [7, 11) is 10.2. The zero-order valence-electron chi connectivity index (χ0n) is 39.0. The molecule has 0 saturated heterocycles. The number of phenolic OH excluding ortho intramolecular Hbond substituents is 2. The minimum absolute atomic E-state index is 0.00251. The van der Waals surface area contributed by atoms with E-state index in [1.807, 2.05) is 25.3 Å². The summed E-state index contributed by atoms with van der Waals surface area (Å²) in [5.41, 5.74) is 0.748. The molecule has 3 saturated carbocycles. The van der Waals surface area contributed by atoms with Crippen molar-refractivity contribution in [2.24, 2.45) is 40.0 Å². The number of allylic oxidation sites excluding steroid dienone is 3. The summed E-state index contributed by atoms with van der Waals surface area (Å²) in [5.74, 6) is 2.53. The second-order valence-electron chi connectivity index (χ2n) is 19.3. The van der Waals surface area contributed by atoms with Gasteiger partial charge in [-0.15, -0.1) is 0 Å². The van der Waals surface area contributed by atoms with Gasteiger partial charge in [-0.05, 0) is 142 Å². The highest BCUT2D eigenvalue weighted by Crippen LogP contribution is 2.60. The number of fused-ring (bicyclic) bond motifs is 3. The number of hydrogen-bond donors (Lipinski definition) is 6. The largest absolute Gasteiger partial charge is 0.504 e. The lowest BCUT2D eigenvalue weighted by Crippen LogP contribution is -2.46. The number of nitrogens with one attached hydrogen (secondary N) is 3. The van der Waals surface area contributed by atoms with E-state index in [9.17, 15) is 20.1 Å². The molecule has 6 bridgehead atoms. The first-order valence-corrected chi connectivity index (χ1v) is 26.2. The van der Waals surface area contributed by atoms with Crippen LogP contribution in [0.5, 0.6) is 23.0 Å². The van der Waals surface area contributed by atoms with Gasteiger partial charge in [0.05, 0.1) is 18.7 Å². The van der Waals surface area contributed by atoms with E-state index in [-0.39, 0.29) is 52.1 Å². The lowest BCUT2D eigenvalue weighted by molar-refractivity contribution is -0.127. The van der Waals surface area contributed by atoms with E-state index in [2.05, 4.69) is 58.2 Å². The molecule has 4 aliphatic carbocycles. The minimum Gasteiger partial charge on any atom is -0.504 e. The molecule has 0 aromatic heterocycles. The molecule has 356 valence electrons. The van der Waals surface area contributed by atoms with E-state index in [4.69, 9.17) is 14.2 Å². The molecule has 14 heteroatoms. The molecule has 9 unspecified atom stereocenters. The fraction of sp³-hybridized carbons (Fsp3) is 0.627. The molecule has 0 radical (unpaired) electrons. The van der Waals surface area contributed by atoms with Gasteiger partial charge < -0.3 is 50.3 Å². The van der Waals surface area contributed by atoms with E-state index in [1.165, 1.54) is 7.11 Å². The number of ketones is 1. The average Bonchev–Trinajstić information content (AvgIpc) is 4.01. The summed E-state index contributed by atoms with van der Waals surface area (Å²) < 4.78 is 17.9. The molecule has 1 spiro atoms. The van der Waals surface area contributed by atoms with Crippen LogP contribution in [0.25, 0.3) is 0 Å². The van der Waals surface area contributed by atoms with Gasteiger partial charge in [-0.2, -0.15) is 0 Å². The molecule has 9 atom stereocenters. The Kier molecular flexibility index (Phi) is 16.6.